The van der Waals surface area contributed by atoms with Gasteiger partial charge in [0.05, 0.1) is 0 Å². The van der Waals surface area contributed by atoms with Crippen molar-refractivity contribution < 1.29 is 9.90 Å². The lowest BCUT2D eigenvalue weighted by molar-refractivity contribution is -0.126. The molecular weight excluding hydrogens is 156 g/mol. The van der Waals surface area contributed by atoms with Gasteiger partial charge in [-0.2, -0.15) is 0 Å². The molecule has 3 N–H and O–H groups in total. The van der Waals surface area contributed by atoms with Crippen molar-refractivity contribution in [3.05, 3.63) is 11.5 Å². The van der Waals surface area contributed by atoms with Crippen molar-refractivity contribution in [1.82, 2.24) is 4.90 Å². The lowest BCUT2D eigenvalue weighted by Gasteiger charge is -2.15. The summed E-state index contributed by atoms with van der Waals surface area (Å²) in [6, 6.07) is 0. The van der Waals surface area contributed by atoms with Gasteiger partial charge in [-0.3, -0.25) is 4.79 Å². The van der Waals surface area contributed by atoms with Gasteiger partial charge in [0.25, 0.3) is 5.91 Å². The summed E-state index contributed by atoms with van der Waals surface area (Å²) in [5.74, 6) is -0.334. The Hall–Kier alpha value is -1.19. The van der Waals surface area contributed by atoms with Crippen molar-refractivity contribution in [3.63, 3.8) is 0 Å². The summed E-state index contributed by atoms with van der Waals surface area (Å²) in [4.78, 5) is 13.0. The summed E-state index contributed by atoms with van der Waals surface area (Å²) < 4.78 is 0. The molecule has 1 heterocycles. The number of rotatable bonds is 1. The molecule has 1 amide bonds. The maximum absolute atomic E-state index is 11.4. The van der Waals surface area contributed by atoms with Crippen LogP contribution in [0.3, 0.4) is 0 Å². The number of nitrogens with two attached hydrogens (primary N) is 1. The molecule has 0 aromatic heterocycles. The molecule has 0 atom stereocenters. The largest absolute Gasteiger partial charge is 0.510 e. The number of likely N-dealkylation sites (tertiary alicyclic amines) is 1. The van der Waals surface area contributed by atoms with E-state index in [9.17, 15) is 4.79 Å². The van der Waals surface area contributed by atoms with Gasteiger partial charge >= 0.3 is 0 Å². The molecule has 4 nitrogen and oxygen atoms in total. The minimum absolute atomic E-state index is 0.0306. The van der Waals surface area contributed by atoms with E-state index in [2.05, 4.69) is 0 Å². The second-order valence-corrected chi connectivity index (χ2v) is 3.00. The highest BCUT2D eigenvalue weighted by molar-refractivity contribution is 5.92. The Bertz CT molecular complexity index is 213. The van der Waals surface area contributed by atoms with Crippen molar-refractivity contribution >= 4 is 5.91 Å². The van der Waals surface area contributed by atoms with E-state index in [1.54, 1.807) is 4.90 Å². The number of hydrogen-bond donors (Lipinski definition) is 2. The Morgan fingerprint density at radius 2 is 1.92 bits per heavy atom. The van der Waals surface area contributed by atoms with Gasteiger partial charge in [-0.1, -0.05) is 0 Å². The first-order valence-electron chi connectivity index (χ1n) is 4.07. The molecule has 1 saturated heterocycles. The van der Waals surface area contributed by atoms with E-state index in [1.807, 2.05) is 0 Å². The molecule has 0 spiro atoms. The Kier molecular flexibility index (Phi) is 2.58. The van der Waals surface area contributed by atoms with Crippen molar-refractivity contribution in [2.45, 2.75) is 19.8 Å². The highest BCUT2D eigenvalue weighted by Crippen LogP contribution is 2.10. The monoisotopic (exact) mass is 170 g/mol. The predicted molar refractivity (Wildman–Crippen MR) is 45.3 cm³/mol. The highest BCUT2D eigenvalue weighted by atomic mass is 16.3. The molecule has 1 aliphatic rings. The van der Waals surface area contributed by atoms with Crippen LogP contribution in [0.2, 0.25) is 0 Å². The second-order valence-electron chi connectivity index (χ2n) is 3.00. The third-order valence-corrected chi connectivity index (χ3v) is 2.01. The Balaban J connectivity index is 2.64. The number of hydrogen-bond acceptors (Lipinski definition) is 3. The van der Waals surface area contributed by atoms with Crippen LogP contribution < -0.4 is 5.73 Å². The van der Waals surface area contributed by atoms with Gasteiger partial charge in [0.1, 0.15) is 11.5 Å². The summed E-state index contributed by atoms with van der Waals surface area (Å²) in [5.41, 5.74) is 5.35. The first-order chi connectivity index (χ1) is 5.63. The van der Waals surface area contributed by atoms with Crippen LogP contribution in [0.25, 0.3) is 0 Å². The molecule has 1 rings (SSSR count). The number of nitrogens with zero attached hydrogens (tertiary/aromatic N) is 1. The quantitative estimate of drug-likeness (QED) is 0.441. The van der Waals surface area contributed by atoms with E-state index in [0.29, 0.717) is 0 Å². The standard InChI is InChI=1S/C8H14N2O2/c1-6(11)7(9)8(12)10-4-2-3-5-10/h11H,2-5,9H2,1H3/b7-6-. The maximum atomic E-state index is 11.4. The van der Waals surface area contributed by atoms with Crippen LogP contribution >= 0.6 is 0 Å². The number of aliphatic hydroxyl groups excluding tert-OH is 1. The number of carbonyl (C=O) groups is 1. The van der Waals surface area contributed by atoms with Crippen molar-refractivity contribution in [2.75, 3.05) is 13.1 Å². The SMILES string of the molecule is C/C(O)=C(/N)C(=O)N1CCCC1. The van der Waals surface area contributed by atoms with Crippen molar-refractivity contribution in [3.8, 4) is 0 Å². The number of allylic oxidation sites excluding steroid dienone is 1. The molecule has 0 bridgehead atoms. The third kappa shape index (κ3) is 1.69. The van der Waals surface area contributed by atoms with E-state index in [-0.39, 0.29) is 17.4 Å². The Morgan fingerprint density at radius 3 is 2.33 bits per heavy atom. The highest BCUT2D eigenvalue weighted by Gasteiger charge is 2.20. The molecule has 0 saturated carbocycles. The van der Waals surface area contributed by atoms with Crippen LogP contribution in [-0.4, -0.2) is 29.0 Å². The van der Waals surface area contributed by atoms with E-state index in [0.717, 1.165) is 25.9 Å². The molecule has 0 radical (unpaired) electrons. The van der Waals surface area contributed by atoms with E-state index in [4.69, 9.17) is 10.8 Å². The van der Waals surface area contributed by atoms with E-state index in [1.165, 1.54) is 6.92 Å². The average molecular weight is 170 g/mol. The summed E-state index contributed by atoms with van der Waals surface area (Å²) in [5, 5.41) is 8.96. The molecule has 0 aliphatic carbocycles. The van der Waals surface area contributed by atoms with Crippen molar-refractivity contribution in [1.29, 1.82) is 0 Å². The Morgan fingerprint density at radius 1 is 1.42 bits per heavy atom. The molecule has 0 unspecified atom stereocenters. The van der Waals surface area contributed by atoms with Crippen LogP contribution in [0, 0.1) is 0 Å². The van der Waals surface area contributed by atoms with Gasteiger partial charge < -0.3 is 15.7 Å². The minimum atomic E-state index is -0.243. The van der Waals surface area contributed by atoms with Crippen LogP contribution in [0.1, 0.15) is 19.8 Å². The Labute approximate surface area is 71.7 Å². The lowest BCUT2D eigenvalue weighted by Crippen LogP contribution is -2.32. The first kappa shape index (κ1) is 8.90. The summed E-state index contributed by atoms with van der Waals surface area (Å²) in [6.45, 7) is 2.93. The van der Waals surface area contributed by atoms with E-state index < -0.39 is 0 Å². The molecule has 1 fully saturated rings. The van der Waals surface area contributed by atoms with Crippen LogP contribution in [0.4, 0.5) is 0 Å². The van der Waals surface area contributed by atoms with Gasteiger partial charge in [0.15, 0.2) is 0 Å². The zero-order valence-electron chi connectivity index (χ0n) is 7.21. The predicted octanol–water partition coefficient (Wildman–Crippen LogP) is 0.357. The summed E-state index contributed by atoms with van der Waals surface area (Å²) >= 11 is 0. The fraction of sp³-hybridized carbons (Fsp3) is 0.625. The first-order valence-corrected chi connectivity index (χ1v) is 4.07. The van der Waals surface area contributed by atoms with Crippen LogP contribution in [0.15, 0.2) is 11.5 Å². The molecule has 4 heteroatoms. The number of amides is 1. The number of aliphatic hydroxyl groups is 1. The fourth-order valence-electron chi connectivity index (χ4n) is 1.25. The average Bonchev–Trinajstić information content (AvgIpc) is 2.53. The zero-order chi connectivity index (χ0) is 9.14. The van der Waals surface area contributed by atoms with Gasteiger partial charge in [0, 0.05) is 13.1 Å². The molecule has 12 heavy (non-hydrogen) atoms. The van der Waals surface area contributed by atoms with Gasteiger partial charge in [-0.15, -0.1) is 0 Å². The van der Waals surface area contributed by atoms with Crippen LogP contribution in [0.5, 0.6) is 0 Å². The van der Waals surface area contributed by atoms with Crippen molar-refractivity contribution in [2.24, 2.45) is 5.73 Å². The summed E-state index contributed by atoms with van der Waals surface area (Å²) in [7, 11) is 0. The second kappa shape index (κ2) is 3.47. The van der Waals surface area contributed by atoms with Gasteiger partial charge in [-0.05, 0) is 19.8 Å². The lowest BCUT2D eigenvalue weighted by atomic mass is 10.3. The van der Waals surface area contributed by atoms with Gasteiger partial charge in [0.2, 0.25) is 0 Å². The normalized spacial score (nSPS) is 19.2. The number of carbonyl (C=O) groups excluding carboxylic acids is 1. The minimum Gasteiger partial charge on any atom is -0.510 e. The maximum Gasteiger partial charge on any atom is 0.273 e. The fourth-order valence-corrected chi connectivity index (χ4v) is 1.25. The smallest absolute Gasteiger partial charge is 0.273 e. The topological polar surface area (TPSA) is 66.6 Å². The third-order valence-electron chi connectivity index (χ3n) is 2.01. The molecule has 0 aromatic rings. The summed E-state index contributed by atoms with van der Waals surface area (Å²) in [6.07, 6.45) is 2.06. The molecule has 0 aromatic carbocycles. The molecule has 68 valence electrons. The zero-order valence-corrected chi connectivity index (χ0v) is 7.21. The molecule has 1 aliphatic heterocycles. The molecular formula is C8H14N2O2. The van der Waals surface area contributed by atoms with Gasteiger partial charge in [-0.25, -0.2) is 0 Å². The van der Waals surface area contributed by atoms with E-state index >= 15 is 0 Å². The van der Waals surface area contributed by atoms with Crippen LogP contribution in [-0.2, 0) is 4.79 Å².